The van der Waals surface area contributed by atoms with E-state index in [1.54, 1.807) is 0 Å². The Morgan fingerprint density at radius 2 is 1.95 bits per heavy atom. The highest BCUT2D eigenvalue weighted by molar-refractivity contribution is 5.53. The van der Waals surface area contributed by atoms with Crippen LogP contribution in [0.15, 0.2) is 42.5 Å². The molecule has 2 aromatic carbocycles. The maximum Gasteiger partial charge on any atom is 0.124 e. The van der Waals surface area contributed by atoms with Crippen molar-refractivity contribution in [1.82, 2.24) is 0 Å². The minimum atomic E-state index is -0.188. The average Bonchev–Trinajstić information content (AvgIpc) is 2.88. The SMILES string of the molecule is Fc1ccc(CCNc2ccc3c(c2)OCC3)cc1. The van der Waals surface area contributed by atoms with Crippen molar-refractivity contribution >= 4 is 5.69 Å². The molecular weight excluding hydrogens is 241 g/mol. The first kappa shape index (κ1) is 12.0. The molecule has 0 atom stereocenters. The molecule has 0 fully saturated rings. The molecule has 0 saturated heterocycles. The summed E-state index contributed by atoms with van der Waals surface area (Å²) in [5.74, 6) is 0.805. The minimum Gasteiger partial charge on any atom is -0.493 e. The van der Waals surface area contributed by atoms with Gasteiger partial charge in [-0.25, -0.2) is 4.39 Å². The van der Waals surface area contributed by atoms with Gasteiger partial charge in [0.15, 0.2) is 0 Å². The Kier molecular flexibility index (Phi) is 3.36. The van der Waals surface area contributed by atoms with Crippen molar-refractivity contribution in [2.75, 3.05) is 18.5 Å². The zero-order chi connectivity index (χ0) is 13.1. The highest BCUT2D eigenvalue weighted by Gasteiger charge is 2.11. The molecule has 0 spiro atoms. The fourth-order valence-corrected chi connectivity index (χ4v) is 2.28. The Labute approximate surface area is 112 Å². The van der Waals surface area contributed by atoms with Crippen LogP contribution < -0.4 is 10.1 Å². The van der Waals surface area contributed by atoms with E-state index < -0.39 is 0 Å². The molecule has 3 rings (SSSR count). The summed E-state index contributed by atoms with van der Waals surface area (Å²) < 4.78 is 18.3. The van der Waals surface area contributed by atoms with E-state index in [4.69, 9.17) is 4.74 Å². The molecule has 19 heavy (non-hydrogen) atoms. The van der Waals surface area contributed by atoms with Crippen LogP contribution in [0.2, 0.25) is 0 Å². The van der Waals surface area contributed by atoms with E-state index in [1.807, 2.05) is 18.2 Å². The average molecular weight is 257 g/mol. The zero-order valence-electron chi connectivity index (χ0n) is 10.7. The molecule has 2 nitrogen and oxygen atoms in total. The molecule has 0 amide bonds. The Balaban J connectivity index is 1.56. The molecule has 0 bridgehead atoms. The number of nitrogens with one attached hydrogen (secondary N) is 1. The summed E-state index contributed by atoms with van der Waals surface area (Å²) in [6, 6.07) is 12.9. The topological polar surface area (TPSA) is 21.3 Å². The van der Waals surface area contributed by atoms with E-state index in [0.717, 1.165) is 43.0 Å². The molecule has 0 saturated carbocycles. The molecule has 3 heteroatoms. The molecule has 1 aliphatic heterocycles. The maximum atomic E-state index is 12.8. The van der Waals surface area contributed by atoms with Crippen molar-refractivity contribution in [2.24, 2.45) is 0 Å². The number of rotatable bonds is 4. The van der Waals surface area contributed by atoms with Crippen LogP contribution in [0, 0.1) is 5.82 Å². The van der Waals surface area contributed by atoms with E-state index in [2.05, 4.69) is 17.4 Å². The second kappa shape index (κ2) is 5.31. The van der Waals surface area contributed by atoms with Crippen molar-refractivity contribution in [3.05, 3.63) is 59.4 Å². The minimum absolute atomic E-state index is 0.188. The first-order chi connectivity index (χ1) is 9.31. The fraction of sp³-hybridized carbons (Fsp3) is 0.250. The summed E-state index contributed by atoms with van der Waals surface area (Å²) >= 11 is 0. The van der Waals surface area contributed by atoms with Crippen LogP contribution in [0.25, 0.3) is 0 Å². The Hall–Kier alpha value is -2.03. The van der Waals surface area contributed by atoms with E-state index in [9.17, 15) is 4.39 Å². The first-order valence-corrected chi connectivity index (χ1v) is 6.55. The van der Waals surface area contributed by atoms with E-state index >= 15 is 0 Å². The van der Waals surface area contributed by atoms with E-state index in [0.29, 0.717) is 0 Å². The molecule has 0 aromatic heterocycles. The summed E-state index contributed by atoms with van der Waals surface area (Å²) in [7, 11) is 0. The predicted octanol–water partition coefficient (Wildman–Crippen LogP) is 3.42. The van der Waals surface area contributed by atoms with Crippen LogP contribution in [0.4, 0.5) is 10.1 Å². The lowest BCUT2D eigenvalue weighted by Crippen LogP contribution is -2.04. The van der Waals surface area contributed by atoms with Crippen molar-refractivity contribution in [1.29, 1.82) is 0 Å². The van der Waals surface area contributed by atoms with Gasteiger partial charge in [-0.15, -0.1) is 0 Å². The standard InChI is InChI=1S/C16H16FNO/c17-14-4-1-12(2-5-14)7-9-18-15-6-3-13-8-10-19-16(13)11-15/h1-6,11,18H,7-10H2. The largest absolute Gasteiger partial charge is 0.493 e. The van der Waals surface area contributed by atoms with Crippen molar-refractivity contribution in [3.8, 4) is 5.75 Å². The lowest BCUT2D eigenvalue weighted by molar-refractivity contribution is 0.357. The number of ether oxygens (including phenoxy) is 1. The van der Waals surface area contributed by atoms with Gasteiger partial charge >= 0.3 is 0 Å². The van der Waals surface area contributed by atoms with Gasteiger partial charge in [-0.2, -0.15) is 0 Å². The quantitative estimate of drug-likeness (QED) is 0.906. The molecule has 0 radical (unpaired) electrons. The Morgan fingerprint density at radius 3 is 2.79 bits per heavy atom. The Morgan fingerprint density at radius 1 is 1.11 bits per heavy atom. The zero-order valence-corrected chi connectivity index (χ0v) is 10.7. The number of hydrogen-bond acceptors (Lipinski definition) is 2. The third-order valence-corrected chi connectivity index (χ3v) is 3.35. The van der Waals surface area contributed by atoms with Crippen molar-refractivity contribution in [3.63, 3.8) is 0 Å². The summed E-state index contributed by atoms with van der Waals surface area (Å²) in [5, 5.41) is 3.36. The molecular formula is C16H16FNO. The highest BCUT2D eigenvalue weighted by Crippen LogP contribution is 2.28. The number of benzene rings is 2. The number of anilines is 1. The van der Waals surface area contributed by atoms with Crippen LogP contribution in [0.1, 0.15) is 11.1 Å². The van der Waals surface area contributed by atoms with Crippen LogP contribution in [-0.2, 0) is 12.8 Å². The summed E-state index contributed by atoms with van der Waals surface area (Å²) in [4.78, 5) is 0. The third-order valence-electron chi connectivity index (χ3n) is 3.35. The molecule has 2 aromatic rings. The molecule has 0 unspecified atom stereocenters. The number of halogens is 1. The summed E-state index contributed by atoms with van der Waals surface area (Å²) in [6.07, 6.45) is 1.88. The lowest BCUT2D eigenvalue weighted by atomic mass is 10.1. The van der Waals surface area contributed by atoms with Gasteiger partial charge in [-0.3, -0.25) is 0 Å². The molecule has 1 aliphatic rings. The van der Waals surface area contributed by atoms with Crippen molar-refractivity contribution < 1.29 is 9.13 Å². The van der Waals surface area contributed by atoms with Gasteiger partial charge in [0.2, 0.25) is 0 Å². The van der Waals surface area contributed by atoms with Gasteiger partial charge in [-0.1, -0.05) is 18.2 Å². The van der Waals surface area contributed by atoms with Gasteiger partial charge < -0.3 is 10.1 Å². The summed E-state index contributed by atoms with van der Waals surface area (Å²) in [6.45, 7) is 1.61. The fourth-order valence-electron chi connectivity index (χ4n) is 2.28. The van der Waals surface area contributed by atoms with Gasteiger partial charge in [0.25, 0.3) is 0 Å². The maximum absolute atomic E-state index is 12.8. The third kappa shape index (κ3) is 2.87. The molecule has 1 heterocycles. The molecule has 98 valence electrons. The second-order valence-corrected chi connectivity index (χ2v) is 4.72. The first-order valence-electron chi connectivity index (χ1n) is 6.55. The predicted molar refractivity (Wildman–Crippen MR) is 74.2 cm³/mol. The number of fused-ring (bicyclic) bond motifs is 1. The molecule has 0 aliphatic carbocycles. The van der Waals surface area contributed by atoms with Gasteiger partial charge in [-0.05, 0) is 35.7 Å². The van der Waals surface area contributed by atoms with Crippen LogP contribution >= 0.6 is 0 Å². The Bertz CT molecular complexity index is 565. The van der Waals surface area contributed by atoms with Crippen molar-refractivity contribution in [2.45, 2.75) is 12.8 Å². The molecule has 1 N–H and O–H groups in total. The smallest absolute Gasteiger partial charge is 0.124 e. The van der Waals surface area contributed by atoms with Gasteiger partial charge in [0.05, 0.1) is 6.61 Å². The van der Waals surface area contributed by atoms with Gasteiger partial charge in [0, 0.05) is 24.7 Å². The lowest BCUT2D eigenvalue weighted by Gasteiger charge is -2.08. The van der Waals surface area contributed by atoms with Gasteiger partial charge in [0.1, 0.15) is 11.6 Å². The van der Waals surface area contributed by atoms with Crippen LogP contribution in [0.5, 0.6) is 5.75 Å². The van der Waals surface area contributed by atoms with E-state index in [-0.39, 0.29) is 5.82 Å². The number of hydrogen-bond donors (Lipinski definition) is 1. The summed E-state index contributed by atoms with van der Waals surface area (Å²) in [5.41, 5.74) is 3.48. The monoisotopic (exact) mass is 257 g/mol. The second-order valence-electron chi connectivity index (χ2n) is 4.72. The highest BCUT2D eigenvalue weighted by atomic mass is 19.1. The van der Waals surface area contributed by atoms with E-state index in [1.165, 1.54) is 17.7 Å². The van der Waals surface area contributed by atoms with Crippen LogP contribution in [0.3, 0.4) is 0 Å². The normalized spacial score (nSPS) is 12.9. The van der Waals surface area contributed by atoms with Crippen LogP contribution in [-0.4, -0.2) is 13.2 Å².